The molecule has 7 heteroatoms. The third-order valence-electron chi connectivity index (χ3n) is 2.51. The summed E-state index contributed by atoms with van der Waals surface area (Å²) in [6.45, 7) is -0.434. The van der Waals surface area contributed by atoms with Crippen LogP contribution in [0.4, 0.5) is 5.69 Å². The summed E-state index contributed by atoms with van der Waals surface area (Å²) in [5.41, 5.74) is 0.512. The molecule has 0 fully saturated rings. The number of anilines is 1. The number of aliphatic carboxylic acids is 1. The number of hydrogen-bond donors (Lipinski definition) is 2. The molecule has 6 nitrogen and oxygen atoms in total. The van der Waals surface area contributed by atoms with Crippen molar-refractivity contribution < 1.29 is 24.2 Å². The summed E-state index contributed by atoms with van der Waals surface area (Å²) < 4.78 is 10.1. The predicted molar refractivity (Wildman–Crippen MR) is 78.4 cm³/mol. The average molecular weight is 307 g/mol. The first-order chi connectivity index (χ1) is 10.1. The van der Waals surface area contributed by atoms with Gasteiger partial charge >= 0.3 is 5.97 Å². The van der Waals surface area contributed by atoms with E-state index in [-0.39, 0.29) is 5.91 Å². The van der Waals surface area contributed by atoms with Crippen LogP contribution in [0.15, 0.2) is 35.7 Å². The van der Waals surface area contributed by atoms with Crippen molar-refractivity contribution in [3.8, 4) is 11.5 Å². The number of carboxylic acids is 1. The van der Waals surface area contributed by atoms with Crippen molar-refractivity contribution in [2.24, 2.45) is 0 Å². The van der Waals surface area contributed by atoms with Crippen molar-refractivity contribution in [2.45, 2.75) is 0 Å². The number of hydrogen-bond acceptors (Lipinski definition) is 5. The summed E-state index contributed by atoms with van der Waals surface area (Å²) in [5.74, 6) is -0.478. The number of carbonyl (C=O) groups excluding carboxylic acids is 1. The minimum Gasteiger partial charge on any atom is -0.495 e. The van der Waals surface area contributed by atoms with Gasteiger partial charge in [0.1, 0.15) is 16.4 Å². The number of benzene rings is 1. The van der Waals surface area contributed by atoms with Crippen LogP contribution in [0.25, 0.3) is 0 Å². The molecule has 21 heavy (non-hydrogen) atoms. The molecule has 1 heterocycles. The topological polar surface area (TPSA) is 84.9 Å². The van der Waals surface area contributed by atoms with E-state index in [1.54, 1.807) is 35.7 Å². The molecule has 0 saturated carbocycles. The Labute approximate surface area is 124 Å². The molecule has 0 saturated heterocycles. The van der Waals surface area contributed by atoms with Gasteiger partial charge in [-0.05, 0) is 23.6 Å². The third kappa shape index (κ3) is 3.96. The van der Waals surface area contributed by atoms with Gasteiger partial charge in [-0.2, -0.15) is 0 Å². The molecular formula is C14H13NO5S. The second-order valence-corrected chi connectivity index (χ2v) is 4.90. The Kier molecular flexibility index (Phi) is 4.78. The van der Waals surface area contributed by atoms with E-state index in [0.29, 0.717) is 22.1 Å². The molecule has 1 amide bonds. The van der Waals surface area contributed by atoms with Gasteiger partial charge in [0.05, 0.1) is 7.11 Å². The lowest BCUT2D eigenvalue weighted by atomic mass is 10.3. The number of nitrogens with one attached hydrogen (secondary N) is 1. The van der Waals surface area contributed by atoms with Crippen LogP contribution in [-0.2, 0) is 4.79 Å². The van der Waals surface area contributed by atoms with Gasteiger partial charge in [-0.15, -0.1) is 11.3 Å². The summed E-state index contributed by atoms with van der Waals surface area (Å²) >= 11 is 1.27. The van der Waals surface area contributed by atoms with Gasteiger partial charge in [0.2, 0.25) is 0 Å². The molecule has 0 aliphatic heterocycles. The lowest BCUT2D eigenvalue weighted by Crippen LogP contribution is -2.12. The molecule has 0 aliphatic carbocycles. The van der Waals surface area contributed by atoms with Crippen molar-refractivity contribution in [3.63, 3.8) is 0 Å². The molecule has 2 N–H and O–H groups in total. The van der Waals surface area contributed by atoms with Gasteiger partial charge in [-0.25, -0.2) is 4.79 Å². The van der Waals surface area contributed by atoms with E-state index in [2.05, 4.69) is 5.32 Å². The Bertz CT molecular complexity index is 652. The zero-order chi connectivity index (χ0) is 15.2. The van der Waals surface area contributed by atoms with Crippen molar-refractivity contribution in [1.29, 1.82) is 0 Å². The highest BCUT2D eigenvalue weighted by Gasteiger charge is 2.14. The molecule has 110 valence electrons. The Morgan fingerprint density at radius 1 is 1.33 bits per heavy atom. The van der Waals surface area contributed by atoms with Gasteiger partial charge in [-0.3, -0.25) is 4.79 Å². The fourth-order valence-electron chi connectivity index (χ4n) is 1.62. The summed E-state index contributed by atoms with van der Waals surface area (Å²) in [6, 6.07) is 8.24. The van der Waals surface area contributed by atoms with E-state index in [4.69, 9.17) is 14.6 Å². The van der Waals surface area contributed by atoms with E-state index >= 15 is 0 Å². The number of carboxylic acid groups (broad SMARTS) is 1. The smallest absolute Gasteiger partial charge is 0.341 e. The Balaban J connectivity index is 2.07. The number of methoxy groups -OCH3 is 1. The van der Waals surface area contributed by atoms with Gasteiger partial charge < -0.3 is 19.9 Å². The molecule has 1 aromatic carbocycles. The lowest BCUT2D eigenvalue weighted by molar-refractivity contribution is -0.139. The maximum absolute atomic E-state index is 12.1. The largest absolute Gasteiger partial charge is 0.495 e. The quantitative estimate of drug-likeness (QED) is 0.856. The summed E-state index contributed by atoms with van der Waals surface area (Å²) in [5, 5.41) is 13.0. The summed E-state index contributed by atoms with van der Waals surface area (Å²) in [7, 11) is 1.50. The van der Waals surface area contributed by atoms with Crippen LogP contribution in [0.1, 0.15) is 9.67 Å². The fourth-order valence-corrected chi connectivity index (χ4v) is 2.37. The van der Waals surface area contributed by atoms with Crippen LogP contribution in [-0.4, -0.2) is 30.7 Å². The second kappa shape index (κ2) is 6.76. The molecular weight excluding hydrogens is 294 g/mol. The number of ether oxygens (including phenoxy) is 2. The van der Waals surface area contributed by atoms with Crippen molar-refractivity contribution >= 4 is 28.9 Å². The summed E-state index contributed by atoms with van der Waals surface area (Å²) in [4.78, 5) is 23.0. The zero-order valence-corrected chi connectivity index (χ0v) is 12.0. The Morgan fingerprint density at radius 3 is 2.86 bits per heavy atom. The number of thiophene rings is 1. The van der Waals surface area contributed by atoms with Gasteiger partial charge in [-0.1, -0.05) is 6.07 Å². The van der Waals surface area contributed by atoms with E-state index in [9.17, 15) is 9.59 Å². The average Bonchev–Trinajstić information content (AvgIpc) is 2.94. The van der Waals surface area contributed by atoms with Crippen molar-refractivity contribution in [3.05, 3.63) is 40.6 Å². The van der Waals surface area contributed by atoms with Crippen LogP contribution < -0.4 is 14.8 Å². The zero-order valence-electron chi connectivity index (χ0n) is 11.2. The number of carbonyl (C=O) groups is 2. The normalized spacial score (nSPS) is 9.95. The Hall–Kier alpha value is -2.54. The molecule has 0 bridgehead atoms. The number of amides is 1. The highest BCUT2D eigenvalue weighted by Crippen LogP contribution is 2.26. The molecule has 0 atom stereocenters. The predicted octanol–water partition coefficient (Wildman–Crippen LogP) is 2.47. The van der Waals surface area contributed by atoms with Crippen LogP contribution in [0.5, 0.6) is 11.5 Å². The van der Waals surface area contributed by atoms with Gasteiger partial charge in [0, 0.05) is 11.8 Å². The lowest BCUT2D eigenvalue weighted by Gasteiger charge is -2.08. The van der Waals surface area contributed by atoms with Crippen molar-refractivity contribution in [1.82, 2.24) is 0 Å². The van der Waals surface area contributed by atoms with Crippen LogP contribution in [0.2, 0.25) is 0 Å². The first-order valence-corrected chi connectivity index (χ1v) is 6.85. The van der Waals surface area contributed by atoms with Gasteiger partial charge in [0.15, 0.2) is 6.61 Å². The monoisotopic (exact) mass is 307 g/mol. The highest BCUT2D eigenvalue weighted by atomic mass is 32.1. The van der Waals surface area contributed by atoms with E-state index in [1.807, 2.05) is 0 Å². The molecule has 0 spiro atoms. The maximum Gasteiger partial charge on any atom is 0.341 e. The van der Waals surface area contributed by atoms with Crippen molar-refractivity contribution in [2.75, 3.05) is 19.0 Å². The second-order valence-electron chi connectivity index (χ2n) is 3.98. The highest BCUT2D eigenvalue weighted by molar-refractivity contribution is 7.12. The number of rotatable bonds is 6. The van der Waals surface area contributed by atoms with Crippen LogP contribution in [0, 0.1) is 0 Å². The van der Waals surface area contributed by atoms with E-state index in [0.717, 1.165) is 0 Å². The fraction of sp³-hybridized carbons (Fsp3) is 0.143. The molecule has 2 aromatic rings. The van der Waals surface area contributed by atoms with E-state index < -0.39 is 12.6 Å². The molecule has 2 rings (SSSR count). The van der Waals surface area contributed by atoms with Crippen LogP contribution in [0.3, 0.4) is 0 Å². The molecule has 0 aliphatic rings. The SMILES string of the molecule is COc1ccsc1C(=O)Nc1cccc(OCC(=O)O)c1. The Morgan fingerprint density at radius 2 is 2.14 bits per heavy atom. The first kappa shape index (κ1) is 14.9. The van der Waals surface area contributed by atoms with Crippen LogP contribution >= 0.6 is 11.3 Å². The van der Waals surface area contributed by atoms with Gasteiger partial charge in [0.25, 0.3) is 5.91 Å². The molecule has 0 radical (unpaired) electrons. The first-order valence-electron chi connectivity index (χ1n) is 5.97. The standard InChI is InChI=1S/C14H13NO5S/c1-19-11-5-6-21-13(11)14(18)15-9-3-2-4-10(7-9)20-8-12(16)17/h2-7H,8H2,1H3,(H,15,18)(H,16,17). The third-order valence-corrected chi connectivity index (χ3v) is 3.40. The maximum atomic E-state index is 12.1. The summed E-state index contributed by atoms with van der Waals surface area (Å²) in [6.07, 6.45) is 0. The van der Waals surface area contributed by atoms with E-state index in [1.165, 1.54) is 18.4 Å². The minimum absolute atomic E-state index is 0.294. The minimum atomic E-state index is -1.06. The molecule has 1 aromatic heterocycles. The molecule has 0 unspecified atom stereocenters.